The number of fused-ring (bicyclic) bond motifs is 1. The van der Waals surface area contributed by atoms with Crippen molar-refractivity contribution in [3.05, 3.63) is 78.6 Å². The number of nitrogens with zero attached hydrogens (tertiary/aromatic N) is 4. The van der Waals surface area contributed by atoms with Crippen molar-refractivity contribution in [1.29, 1.82) is 0 Å². The van der Waals surface area contributed by atoms with Gasteiger partial charge in [-0.3, -0.25) is 9.78 Å². The molecule has 152 valence electrons. The van der Waals surface area contributed by atoms with E-state index in [2.05, 4.69) is 11.1 Å². The number of rotatable bonds is 7. The van der Waals surface area contributed by atoms with E-state index in [0.717, 1.165) is 38.9 Å². The molecule has 0 aliphatic rings. The molecule has 1 amide bonds. The molecule has 0 fully saturated rings. The van der Waals surface area contributed by atoms with Crippen LogP contribution in [0.15, 0.2) is 78.2 Å². The van der Waals surface area contributed by atoms with Crippen LogP contribution in [0.4, 0.5) is 5.69 Å². The lowest BCUT2D eigenvalue weighted by Crippen LogP contribution is -2.30. The van der Waals surface area contributed by atoms with Gasteiger partial charge < -0.3 is 14.2 Å². The second kappa shape index (κ2) is 9.00. The standard InChI is InChI=1S/C23H22N4O2S/c1-26(18-8-4-3-5-9-18)22(28)15-27-21-14-24-12-11-20(21)25-23(27)30-16-17-7-6-10-19(13-17)29-2/h3-14H,15-16H2,1-2H3. The molecule has 0 atom stereocenters. The minimum atomic E-state index is -0.0208. The van der Waals surface area contributed by atoms with Gasteiger partial charge >= 0.3 is 0 Å². The Kier molecular flexibility index (Phi) is 5.99. The number of likely N-dealkylation sites (N-methyl/N-ethyl adjacent to an activating group) is 1. The summed E-state index contributed by atoms with van der Waals surface area (Å²) in [5, 5.41) is 0.788. The molecule has 6 nitrogen and oxygen atoms in total. The van der Waals surface area contributed by atoms with Crippen molar-refractivity contribution >= 4 is 34.4 Å². The quantitative estimate of drug-likeness (QED) is 0.417. The predicted molar refractivity (Wildman–Crippen MR) is 120 cm³/mol. The number of carbonyl (C=O) groups excluding carboxylic acids is 1. The summed E-state index contributed by atoms with van der Waals surface area (Å²) in [6.07, 6.45) is 3.47. The number of carbonyl (C=O) groups is 1. The molecule has 4 aromatic rings. The number of imidazole rings is 1. The van der Waals surface area contributed by atoms with Crippen LogP contribution in [0.1, 0.15) is 5.56 Å². The average molecular weight is 419 g/mol. The molecule has 0 aliphatic carbocycles. The molecular formula is C23H22N4O2S. The molecule has 0 radical (unpaired) electrons. The zero-order valence-corrected chi connectivity index (χ0v) is 17.7. The van der Waals surface area contributed by atoms with Gasteiger partial charge in [0.05, 0.1) is 24.3 Å². The molecule has 2 aromatic heterocycles. The van der Waals surface area contributed by atoms with E-state index in [0.29, 0.717) is 0 Å². The fourth-order valence-electron chi connectivity index (χ4n) is 3.16. The molecule has 0 spiro atoms. The van der Waals surface area contributed by atoms with Gasteiger partial charge in [0.2, 0.25) is 5.91 Å². The molecule has 0 N–H and O–H groups in total. The van der Waals surface area contributed by atoms with Gasteiger partial charge in [0.15, 0.2) is 5.16 Å². The Morgan fingerprint density at radius 2 is 1.97 bits per heavy atom. The van der Waals surface area contributed by atoms with Gasteiger partial charge in [-0.15, -0.1) is 0 Å². The molecule has 0 bridgehead atoms. The number of ether oxygens (including phenoxy) is 1. The third kappa shape index (κ3) is 4.31. The van der Waals surface area contributed by atoms with Crippen LogP contribution in [0.2, 0.25) is 0 Å². The maximum Gasteiger partial charge on any atom is 0.246 e. The van der Waals surface area contributed by atoms with Crippen LogP contribution >= 0.6 is 11.8 Å². The van der Waals surface area contributed by atoms with Gasteiger partial charge in [0.1, 0.15) is 12.3 Å². The van der Waals surface area contributed by atoms with E-state index in [1.165, 1.54) is 0 Å². The number of hydrogen-bond donors (Lipinski definition) is 0. The monoisotopic (exact) mass is 418 g/mol. The molecule has 2 heterocycles. The Hall–Kier alpha value is -3.32. The summed E-state index contributed by atoms with van der Waals surface area (Å²) >= 11 is 1.59. The lowest BCUT2D eigenvalue weighted by Gasteiger charge is -2.18. The predicted octanol–water partition coefficient (Wildman–Crippen LogP) is 4.40. The van der Waals surface area contributed by atoms with E-state index in [4.69, 9.17) is 9.72 Å². The average Bonchev–Trinajstić information content (AvgIpc) is 3.15. The number of hydrogen-bond acceptors (Lipinski definition) is 5. The Bertz CT molecular complexity index is 1160. The number of benzene rings is 2. The summed E-state index contributed by atoms with van der Waals surface area (Å²) < 4.78 is 7.25. The highest BCUT2D eigenvalue weighted by Crippen LogP contribution is 2.28. The van der Waals surface area contributed by atoms with E-state index < -0.39 is 0 Å². The first kappa shape index (κ1) is 20.0. The summed E-state index contributed by atoms with van der Waals surface area (Å²) in [6, 6.07) is 19.4. The van der Waals surface area contributed by atoms with Crippen LogP contribution in [0, 0.1) is 0 Å². The summed E-state index contributed by atoms with van der Waals surface area (Å²) in [6.45, 7) is 0.189. The van der Waals surface area contributed by atoms with E-state index >= 15 is 0 Å². The first-order valence-electron chi connectivity index (χ1n) is 9.53. The highest BCUT2D eigenvalue weighted by atomic mass is 32.2. The Morgan fingerprint density at radius 1 is 1.13 bits per heavy atom. The second-order valence-electron chi connectivity index (χ2n) is 6.77. The number of thioether (sulfide) groups is 1. The normalized spacial score (nSPS) is 10.9. The summed E-state index contributed by atoms with van der Waals surface area (Å²) in [5.41, 5.74) is 3.66. The fraction of sp³-hybridized carbons (Fsp3) is 0.174. The largest absolute Gasteiger partial charge is 0.497 e. The zero-order chi connectivity index (χ0) is 20.9. The van der Waals surface area contributed by atoms with Crippen LogP contribution in [0.3, 0.4) is 0 Å². The number of para-hydroxylation sites is 1. The SMILES string of the molecule is COc1cccc(CSc2nc3ccncc3n2CC(=O)N(C)c2ccccc2)c1. The minimum Gasteiger partial charge on any atom is -0.497 e. The molecule has 0 aliphatic heterocycles. The lowest BCUT2D eigenvalue weighted by molar-refractivity contribution is -0.118. The topological polar surface area (TPSA) is 60.3 Å². The van der Waals surface area contributed by atoms with E-state index in [1.807, 2.05) is 59.2 Å². The van der Waals surface area contributed by atoms with Gasteiger partial charge in [-0.1, -0.05) is 42.1 Å². The fourth-order valence-corrected chi connectivity index (χ4v) is 4.11. The van der Waals surface area contributed by atoms with Gasteiger partial charge in [0.25, 0.3) is 0 Å². The molecule has 0 saturated heterocycles. The van der Waals surface area contributed by atoms with Crippen LogP contribution in [-0.4, -0.2) is 34.6 Å². The van der Waals surface area contributed by atoms with Crippen molar-refractivity contribution in [2.24, 2.45) is 0 Å². The first-order valence-corrected chi connectivity index (χ1v) is 10.5. The number of methoxy groups -OCH3 is 1. The number of anilines is 1. The second-order valence-corrected chi connectivity index (χ2v) is 7.72. The van der Waals surface area contributed by atoms with Crippen LogP contribution in [0.25, 0.3) is 11.0 Å². The van der Waals surface area contributed by atoms with Crippen LogP contribution in [-0.2, 0) is 17.1 Å². The third-order valence-corrected chi connectivity index (χ3v) is 5.88. The molecule has 7 heteroatoms. The van der Waals surface area contributed by atoms with Crippen LogP contribution in [0.5, 0.6) is 5.75 Å². The Balaban J connectivity index is 1.59. The summed E-state index contributed by atoms with van der Waals surface area (Å²) in [5.74, 6) is 1.52. The first-order chi connectivity index (χ1) is 14.7. The van der Waals surface area contributed by atoms with Gasteiger partial charge in [-0.2, -0.15) is 0 Å². The van der Waals surface area contributed by atoms with Crippen molar-refractivity contribution < 1.29 is 9.53 Å². The zero-order valence-electron chi connectivity index (χ0n) is 16.9. The van der Waals surface area contributed by atoms with Crippen molar-refractivity contribution in [1.82, 2.24) is 14.5 Å². The van der Waals surface area contributed by atoms with E-state index in [1.54, 1.807) is 43.2 Å². The van der Waals surface area contributed by atoms with Gasteiger partial charge in [0, 0.05) is 24.7 Å². The Labute approximate surface area is 179 Å². The van der Waals surface area contributed by atoms with Crippen molar-refractivity contribution in [3.63, 3.8) is 0 Å². The number of aromatic nitrogens is 3. The summed E-state index contributed by atoms with van der Waals surface area (Å²) in [7, 11) is 3.45. The molecule has 30 heavy (non-hydrogen) atoms. The van der Waals surface area contributed by atoms with Crippen molar-refractivity contribution in [3.8, 4) is 5.75 Å². The Morgan fingerprint density at radius 3 is 2.77 bits per heavy atom. The van der Waals surface area contributed by atoms with E-state index in [-0.39, 0.29) is 12.5 Å². The van der Waals surface area contributed by atoms with Crippen molar-refractivity contribution in [2.75, 3.05) is 19.1 Å². The maximum atomic E-state index is 13.0. The smallest absolute Gasteiger partial charge is 0.246 e. The third-order valence-electron chi connectivity index (χ3n) is 4.83. The van der Waals surface area contributed by atoms with Crippen molar-refractivity contribution in [2.45, 2.75) is 17.5 Å². The molecular weight excluding hydrogens is 396 g/mol. The molecule has 0 unspecified atom stereocenters. The van der Waals surface area contributed by atoms with Gasteiger partial charge in [-0.05, 0) is 35.9 Å². The van der Waals surface area contributed by atoms with Gasteiger partial charge in [-0.25, -0.2) is 4.98 Å². The molecule has 4 rings (SSSR count). The minimum absolute atomic E-state index is 0.0208. The summed E-state index contributed by atoms with van der Waals surface area (Å²) in [4.78, 5) is 23.6. The maximum absolute atomic E-state index is 13.0. The highest BCUT2D eigenvalue weighted by molar-refractivity contribution is 7.98. The van der Waals surface area contributed by atoms with Crippen LogP contribution < -0.4 is 9.64 Å². The molecule has 0 saturated carbocycles. The lowest BCUT2D eigenvalue weighted by atomic mass is 10.2. The number of pyridine rings is 1. The van der Waals surface area contributed by atoms with E-state index in [9.17, 15) is 4.79 Å². The highest BCUT2D eigenvalue weighted by Gasteiger charge is 2.18. The molecule has 2 aromatic carbocycles. The number of amides is 1.